The van der Waals surface area contributed by atoms with E-state index in [1.165, 1.54) is 46.6 Å². The largest absolute Gasteiger partial charge is 0.361 e. The van der Waals surface area contributed by atoms with Crippen molar-refractivity contribution in [2.24, 2.45) is 0 Å². The molecular weight excluding hydrogens is 330 g/mol. The lowest BCUT2D eigenvalue weighted by Gasteiger charge is -2.18. The van der Waals surface area contributed by atoms with Gasteiger partial charge in [0.25, 0.3) is 0 Å². The van der Waals surface area contributed by atoms with Gasteiger partial charge in [0.2, 0.25) is 0 Å². The van der Waals surface area contributed by atoms with Crippen LogP contribution in [0.2, 0.25) is 0 Å². The van der Waals surface area contributed by atoms with Crippen LogP contribution in [-0.4, -0.2) is 29.5 Å². The number of H-pyrrole nitrogens is 1. The number of hydrogen-bond donors (Lipinski definition) is 2. The molecule has 27 heavy (non-hydrogen) atoms. The van der Waals surface area contributed by atoms with Gasteiger partial charge < -0.3 is 15.2 Å². The number of nitrogens with zero attached hydrogens (tertiary/aromatic N) is 1. The van der Waals surface area contributed by atoms with Crippen LogP contribution >= 0.6 is 0 Å². The van der Waals surface area contributed by atoms with E-state index in [0.717, 1.165) is 17.8 Å². The maximum Gasteiger partial charge on any atom is 0.0458 e. The minimum atomic E-state index is 0.668. The summed E-state index contributed by atoms with van der Waals surface area (Å²) in [5, 5.41) is 7.45. The predicted molar refractivity (Wildman–Crippen MR) is 115 cm³/mol. The molecule has 0 bridgehead atoms. The lowest BCUT2D eigenvalue weighted by molar-refractivity contribution is 0.310. The zero-order valence-corrected chi connectivity index (χ0v) is 15.7. The Bertz CT molecular complexity index is 1100. The summed E-state index contributed by atoms with van der Waals surface area (Å²) in [5.41, 5.74) is 4.90. The van der Waals surface area contributed by atoms with Crippen molar-refractivity contribution in [2.45, 2.75) is 25.3 Å². The van der Waals surface area contributed by atoms with E-state index < -0.39 is 0 Å². The molecule has 136 valence electrons. The van der Waals surface area contributed by atoms with Crippen LogP contribution in [0.4, 0.5) is 11.4 Å². The molecule has 1 saturated heterocycles. The molecule has 1 atom stereocenters. The second-order valence-corrected chi connectivity index (χ2v) is 7.74. The van der Waals surface area contributed by atoms with E-state index in [0.29, 0.717) is 6.04 Å². The van der Waals surface area contributed by atoms with E-state index in [2.05, 4.69) is 89.1 Å². The predicted octanol–water partition coefficient (Wildman–Crippen LogP) is 5.70. The molecule has 5 rings (SSSR count). The molecule has 0 aliphatic carbocycles. The summed E-state index contributed by atoms with van der Waals surface area (Å²) in [7, 11) is 2.25. The first kappa shape index (κ1) is 16.4. The fraction of sp³-hybridized carbons (Fsp3) is 0.250. The Morgan fingerprint density at radius 3 is 2.67 bits per heavy atom. The maximum absolute atomic E-state index is 3.58. The van der Waals surface area contributed by atoms with Gasteiger partial charge in [-0.1, -0.05) is 30.3 Å². The van der Waals surface area contributed by atoms with Gasteiger partial charge in [0, 0.05) is 34.5 Å². The van der Waals surface area contributed by atoms with Gasteiger partial charge in [-0.3, -0.25) is 0 Å². The van der Waals surface area contributed by atoms with Gasteiger partial charge in [-0.15, -0.1) is 0 Å². The second-order valence-electron chi connectivity index (χ2n) is 7.74. The first-order chi connectivity index (χ1) is 13.3. The molecule has 0 saturated carbocycles. The highest BCUT2D eigenvalue weighted by atomic mass is 15.1. The molecule has 4 aromatic rings. The molecule has 1 fully saturated rings. The van der Waals surface area contributed by atoms with E-state index in [-0.39, 0.29) is 0 Å². The number of fused-ring (bicyclic) bond motifs is 2. The average molecular weight is 355 g/mol. The summed E-state index contributed by atoms with van der Waals surface area (Å²) in [6, 6.07) is 22.3. The Hall–Kier alpha value is -2.78. The Morgan fingerprint density at radius 1 is 1.00 bits per heavy atom. The monoisotopic (exact) mass is 355 g/mol. The van der Waals surface area contributed by atoms with E-state index in [4.69, 9.17) is 0 Å². The van der Waals surface area contributed by atoms with Crippen molar-refractivity contribution in [3.8, 4) is 0 Å². The number of likely N-dealkylation sites (tertiary alicyclic amines) is 1. The fourth-order valence-electron chi connectivity index (χ4n) is 4.35. The van der Waals surface area contributed by atoms with Crippen LogP contribution in [0.25, 0.3) is 21.7 Å². The van der Waals surface area contributed by atoms with E-state index in [1.54, 1.807) is 0 Å². The lowest BCUT2D eigenvalue weighted by atomic mass is 10.0. The van der Waals surface area contributed by atoms with Crippen LogP contribution in [0.1, 0.15) is 18.4 Å². The van der Waals surface area contributed by atoms with Crippen molar-refractivity contribution in [1.29, 1.82) is 0 Å². The average Bonchev–Trinajstić information content (AvgIpc) is 3.28. The Morgan fingerprint density at radius 2 is 1.81 bits per heavy atom. The Kier molecular flexibility index (Phi) is 4.10. The molecule has 3 nitrogen and oxygen atoms in total. The van der Waals surface area contributed by atoms with Crippen molar-refractivity contribution in [1.82, 2.24) is 9.88 Å². The number of nitrogens with one attached hydrogen (secondary N) is 2. The third kappa shape index (κ3) is 3.19. The molecule has 1 aliphatic heterocycles. The summed E-state index contributed by atoms with van der Waals surface area (Å²) in [5.74, 6) is 0. The van der Waals surface area contributed by atoms with E-state index in [9.17, 15) is 0 Å². The molecular formula is C24H25N3. The Balaban J connectivity index is 1.43. The van der Waals surface area contributed by atoms with Gasteiger partial charge in [-0.2, -0.15) is 0 Å². The summed E-state index contributed by atoms with van der Waals surface area (Å²) < 4.78 is 0. The van der Waals surface area contributed by atoms with Crippen molar-refractivity contribution in [3.05, 3.63) is 72.4 Å². The van der Waals surface area contributed by atoms with E-state index >= 15 is 0 Å². The number of anilines is 2. The number of likely N-dealkylation sites (N-methyl/N-ethyl adjacent to an activating group) is 1. The first-order valence-electron chi connectivity index (χ1n) is 9.82. The summed E-state index contributed by atoms with van der Waals surface area (Å²) >= 11 is 0. The number of aromatic amines is 1. The molecule has 0 amide bonds. The van der Waals surface area contributed by atoms with Crippen molar-refractivity contribution >= 4 is 33.1 Å². The van der Waals surface area contributed by atoms with Crippen LogP contribution < -0.4 is 5.32 Å². The first-order valence-corrected chi connectivity index (χ1v) is 9.82. The third-order valence-corrected chi connectivity index (χ3v) is 5.93. The van der Waals surface area contributed by atoms with Crippen molar-refractivity contribution < 1.29 is 0 Å². The lowest BCUT2D eigenvalue weighted by Crippen LogP contribution is -2.26. The molecule has 1 aliphatic rings. The van der Waals surface area contributed by atoms with Crippen molar-refractivity contribution in [3.63, 3.8) is 0 Å². The van der Waals surface area contributed by atoms with Crippen LogP contribution in [0.15, 0.2) is 66.9 Å². The highest BCUT2D eigenvalue weighted by Gasteiger charge is 2.22. The number of rotatable bonds is 4. The summed E-state index contributed by atoms with van der Waals surface area (Å²) in [6.07, 6.45) is 5.93. The molecule has 0 radical (unpaired) electrons. The van der Waals surface area contributed by atoms with Crippen LogP contribution in [-0.2, 0) is 6.42 Å². The highest BCUT2D eigenvalue weighted by Crippen LogP contribution is 2.29. The molecule has 3 heteroatoms. The van der Waals surface area contributed by atoms with Gasteiger partial charge in [0.1, 0.15) is 0 Å². The van der Waals surface area contributed by atoms with Gasteiger partial charge in [0.15, 0.2) is 0 Å². The normalized spacial score (nSPS) is 17.7. The van der Waals surface area contributed by atoms with Gasteiger partial charge in [0.05, 0.1) is 0 Å². The molecule has 2 N–H and O–H groups in total. The molecule has 3 aromatic carbocycles. The number of aromatic nitrogens is 1. The smallest absolute Gasteiger partial charge is 0.0458 e. The summed E-state index contributed by atoms with van der Waals surface area (Å²) in [4.78, 5) is 5.94. The van der Waals surface area contributed by atoms with Crippen LogP contribution in [0, 0.1) is 0 Å². The molecule has 2 heterocycles. The van der Waals surface area contributed by atoms with Gasteiger partial charge >= 0.3 is 0 Å². The standard InChI is InChI=1S/C24H25N3/c1-27-12-4-7-22(27)14-19-16-25-24-11-10-21(15-23(19)24)26-20-9-8-17-5-2-3-6-18(17)13-20/h2-3,5-6,8-11,13,15-16,22,25-26H,4,7,12,14H2,1H3/t22-/m0/s1. The topological polar surface area (TPSA) is 31.1 Å². The fourth-order valence-corrected chi connectivity index (χ4v) is 4.35. The minimum absolute atomic E-state index is 0.668. The zero-order chi connectivity index (χ0) is 18.2. The second kappa shape index (κ2) is 6.75. The minimum Gasteiger partial charge on any atom is -0.361 e. The van der Waals surface area contributed by atoms with E-state index in [1.807, 2.05) is 0 Å². The third-order valence-electron chi connectivity index (χ3n) is 5.93. The molecule has 1 aromatic heterocycles. The Labute approximate surface area is 160 Å². The molecule has 0 unspecified atom stereocenters. The number of hydrogen-bond acceptors (Lipinski definition) is 2. The summed E-state index contributed by atoms with van der Waals surface area (Å²) in [6.45, 7) is 1.22. The SMILES string of the molecule is CN1CCC[C@H]1Cc1c[nH]c2ccc(Nc3ccc4ccccc4c3)cc12. The maximum atomic E-state index is 3.58. The van der Waals surface area contributed by atoms with Gasteiger partial charge in [-0.05, 0) is 79.5 Å². The van der Waals surface area contributed by atoms with Gasteiger partial charge in [-0.25, -0.2) is 0 Å². The number of benzene rings is 3. The quantitative estimate of drug-likeness (QED) is 0.492. The van der Waals surface area contributed by atoms with Crippen LogP contribution in [0.3, 0.4) is 0 Å². The zero-order valence-electron chi connectivity index (χ0n) is 15.7. The molecule has 0 spiro atoms. The highest BCUT2D eigenvalue weighted by molar-refractivity contribution is 5.89. The van der Waals surface area contributed by atoms with Crippen LogP contribution in [0.5, 0.6) is 0 Å². The van der Waals surface area contributed by atoms with Crippen molar-refractivity contribution in [2.75, 3.05) is 18.9 Å².